The minimum Gasteiger partial charge on any atom is -0.479 e. The van der Waals surface area contributed by atoms with Crippen LogP contribution in [0.1, 0.15) is 6.92 Å². The van der Waals surface area contributed by atoms with E-state index in [-0.39, 0.29) is 18.3 Å². The molecule has 0 bridgehead atoms. The van der Waals surface area contributed by atoms with Crippen molar-refractivity contribution in [2.75, 3.05) is 17.7 Å². The van der Waals surface area contributed by atoms with Gasteiger partial charge >= 0.3 is 0 Å². The number of ether oxygens (including phenoxy) is 1. The second kappa shape index (κ2) is 8.41. The summed E-state index contributed by atoms with van der Waals surface area (Å²) in [5, 5.41) is 12.2. The Morgan fingerprint density at radius 3 is 2.77 bits per heavy atom. The maximum atomic E-state index is 12.2. The molecule has 1 aromatic heterocycles. The maximum Gasteiger partial charge on any atom is 0.234 e. The quantitative estimate of drug-likeness (QED) is 0.645. The molecule has 132 valence electrons. The number of aromatic nitrogens is 2. The first-order chi connectivity index (χ1) is 12.7. The summed E-state index contributed by atoms with van der Waals surface area (Å²) in [6, 6.07) is 16.8. The molecule has 0 spiro atoms. The molecule has 1 amide bonds. The zero-order chi connectivity index (χ0) is 18.4. The number of anilines is 1. The van der Waals surface area contributed by atoms with E-state index in [2.05, 4.69) is 21.8 Å². The van der Waals surface area contributed by atoms with Gasteiger partial charge in [0.1, 0.15) is 11.8 Å². The van der Waals surface area contributed by atoms with Gasteiger partial charge in [0.15, 0.2) is 11.8 Å². The molecule has 0 saturated heterocycles. The number of hydrogen-bond acceptors (Lipinski definition) is 5. The molecule has 2 aromatic carbocycles. The summed E-state index contributed by atoms with van der Waals surface area (Å²) in [5.41, 5.74) is 2.69. The Morgan fingerprint density at radius 2 is 2.04 bits per heavy atom. The number of carbonyl (C=O) groups is 1. The Bertz CT molecular complexity index is 944. The number of fused-ring (bicyclic) bond motifs is 1. The second-order valence-corrected chi connectivity index (χ2v) is 6.38. The lowest BCUT2D eigenvalue weighted by Gasteiger charge is -2.07. The number of amides is 1. The minimum absolute atomic E-state index is 0.000769. The number of nitrogens with one attached hydrogen (secondary N) is 1. The number of thioether (sulfide) groups is 1. The first kappa shape index (κ1) is 17.8. The summed E-state index contributed by atoms with van der Waals surface area (Å²) in [6.07, 6.45) is 0. The summed E-state index contributed by atoms with van der Waals surface area (Å²) in [5.74, 6) is 0.765. The van der Waals surface area contributed by atoms with E-state index in [1.807, 2.05) is 30.3 Å². The predicted octanol–water partition coefficient (Wildman–Crippen LogP) is 3.69. The molecule has 0 unspecified atom stereocenters. The Morgan fingerprint density at radius 1 is 1.27 bits per heavy atom. The molecule has 1 N–H and O–H groups in total. The van der Waals surface area contributed by atoms with E-state index in [1.165, 1.54) is 11.8 Å². The van der Waals surface area contributed by atoms with Crippen LogP contribution in [0.5, 0.6) is 5.75 Å². The van der Waals surface area contributed by atoms with E-state index in [9.17, 15) is 4.79 Å². The summed E-state index contributed by atoms with van der Waals surface area (Å²) in [4.78, 5) is 16.8. The van der Waals surface area contributed by atoms with E-state index < -0.39 is 0 Å². The number of nitrogens with zero attached hydrogens (tertiary/aromatic N) is 3. The average molecular weight is 366 g/mol. The van der Waals surface area contributed by atoms with Gasteiger partial charge in [-0.1, -0.05) is 23.9 Å². The third-order valence-corrected chi connectivity index (χ3v) is 4.69. The largest absolute Gasteiger partial charge is 0.479 e. The van der Waals surface area contributed by atoms with Crippen molar-refractivity contribution in [3.8, 4) is 11.8 Å². The van der Waals surface area contributed by atoms with E-state index in [1.54, 1.807) is 24.3 Å². The van der Waals surface area contributed by atoms with Gasteiger partial charge in [0.05, 0.1) is 16.8 Å². The summed E-state index contributed by atoms with van der Waals surface area (Å²) < 4.78 is 7.29. The fourth-order valence-electron chi connectivity index (χ4n) is 2.55. The molecule has 0 saturated carbocycles. The van der Waals surface area contributed by atoms with Crippen LogP contribution in [0.4, 0.5) is 5.69 Å². The smallest absolute Gasteiger partial charge is 0.234 e. The van der Waals surface area contributed by atoms with Crippen molar-refractivity contribution in [3.63, 3.8) is 0 Å². The fourth-order valence-corrected chi connectivity index (χ4v) is 3.43. The van der Waals surface area contributed by atoms with Gasteiger partial charge in [-0.15, -0.1) is 0 Å². The lowest BCUT2D eigenvalue weighted by Crippen LogP contribution is -2.14. The number of nitriles is 1. The molecular weight excluding hydrogens is 348 g/mol. The third kappa shape index (κ3) is 4.16. The van der Waals surface area contributed by atoms with Gasteiger partial charge in [-0.05, 0) is 43.3 Å². The standard InChI is InChI=1S/C19H18N4O2S/c1-2-23-17-6-4-3-5-16(17)22-19(23)26-13-18(24)21-14-7-9-15(10-8-14)25-12-11-20/h3-10H,2,12-13H2,1H3,(H,21,24). The number of rotatable bonds is 7. The maximum absolute atomic E-state index is 12.2. The van der Waals surface area contributed by atoms with Crippen LogP contribution < -0.4 is 10.1 Å². The van der Waals surface area contributed by atoms with Gasteiger partial charge in [-0.2, -0.15) is 5.26 Å². The van der Waals surface area contributed by atoms with Crippen LogP contribution in [0.2, 0.25) is 0 Å². The van der Waals surface area contributed by atoms with Crippen LogP contribution in [0, 0.1) is 11.3 Å². The van der Waals surface area contributed by atoms with Gasteiger partial charge in [0.2, 0.25) is 5.91 Å². The zero-order valence-corrected chi connectivity index (χ0v) is 15.1. The normalized spacial score (nSPS) is 10.5. The molecule has 0 aliphatic heterocycles. The second-order valence-electron chi connectivity index (χ2n) is 5.44. The highest BCUT2D eigenvalue weighted by atomic mass is 32.2. The molecule has 26 heavy (non-hydrogen) atoms. The van der Waals surface area contributed by atoms with Crippen LogP contribution in [0.25, 0.3) is 11.0 Å². The van der Waals surface area contributed by atoms with Gasteiger partial charge in [-0.25, -0.2) is 4.98 Å². The molecule has 6 nitrogen and oxygen atoms in total. The predicted molar refractivity (Wildman–Crippen MR) is 102 cm³/mol. The number of imidazole rings is 1. The molecule has 1 heterocycles. The first-order valence-electron chi connectivity index (χ1n) is 8.19. The van der Waals surface area contributed by atoms with E-state index in [0.717, 1.165) is 22.7 Å². The Hall–Kier alpha value is -2.98. The van der Waals surface area contributed by atoms with Gasteiger partial charge < -0.3 is 14.6 Å². The van der Waals surface area contributed by atoms with Crippen molar-refractivity contribution < 1.29 is 9.53 Å². The number of carbonyl (C=O) groups excluding carboxylic acids is 1. The van der Waals surface area contributed by atoms with Crippen LogP contribution in [0.3, 0.4) is 0 Å². The zero-order valence-electron chi connectivity index (χ0n) is 14.3. The molecular formula is C19H18N4O2S. The lowest BCUT2D eigenvalue weighted by atomic mass is 10.3. The summed E-state index contributed by atoms with van der Waals surface area (Å²) >= 11 is 1.42. The van der Waals surface area contributed by atoms with Crippen molar-refractivity contribution in [3.05, 3.63) is 48.5 Å². The Kier molecular flexibility index (Phi) is 5.77. The number of aryl methyl sites for hydroxylation is 1. The van der Waals surface area contributed by atoms with E-state index in [0.29, 0.717) is 11.4 Å². The molecule has 0 fully saturated rings. The molecule has 0 aliphatic rings. The monoisotopic (exact) mass is 366 g/mol. The summed E-state index contributed by atoms with van der Waals surface area (Å²) in [7, 11) is 0. The number of para-hydroxylation sites is 2. The fraction of sp³-hybridized carbons (Fsp3) is 0.211. The van der Waals surface area contributed by atoms with Gasteiger partial charge in [0.25, 0.3) is 0 Å². The minimum atomic E-state index is -0.101. The van der Waals surface area contributed by atoms with Crippen LogP contribution in [-0.4, -0.2) is 27.8 Å². The molecule has 7 heteroatoms. The molecule has 0 atom stereocenters. The third-order valence-electron chi connectivity index (χ3n) is 3.71. The molecule has 0 radical (unpaired) electrons. The average Bonchev–Trinajstić information content (AvgIpc) is 3.03. The van der Waals surface area contributed by atoms with Crippen LogP contribution >= 0.6 is 11.8 Å². The van der Waals surface area contributed by atoms with Crippen molar-refractivity contribution in [1.29, 1.82) is 5.26 Å². The van der Waals surface area contributed by atoms with E-state index in [4.69, 9.17) is 10.00 Å². The SMILES string of the molecule is CCn1c(SCC(=O)Nc2ccc(OCC#N)cc2)nc2ccccc21. The van der Waals surface area contributed by atoms with Gasteiger partial charge in [-0.3, -0.25) is 4.79 Å². The van der Waals surface area contributed by atoms with Gasteiger partial charge in [0, 0.05) is 12.2 Å². The topological polar surface area (TPSA) is 79.9 Å². The van der Waals surface area contributed by atoms with Crippen molar-refractivity contribution in [2.24, 2.45) is 0 Å². The highest BCUT2D eigenvalue weighted by Crippen LogP contribution is 2.24. The van der Waals surface area contributed by atoms with Crippen molar-refractivity contribution in [1.82, 2.24) is 9.55 Å². The summed E-state index contributed by atoms with van der Waals surface area (Å²) in [6.45, 7) is 2.86. The van der Waals surface area contributed by atoms with E-state index >= 15 is 0 Å². The van der Waals surface area contributed by atoms with Crippen LogP contribution in [-0.2, 0) is 11.3 Å². The highest BCUT2D eigenvalue weighted by molar-refractivity contribution is 7.99. The Labute approximate surface area is 155 Å². The van der Waals surface area contributed by atoms with Crippen molar-refractivity contribution >= 4 is 34.4 Å². The first-order valence-corrected chi connectivity index (χ1v) is 9.17. The number of benzene rings is 2. The van der Waals surface area contributed by atoms with Crippen LogP contribution in [0.15, 0.2) is 53.7 Å². The van der Waals surface area contributed by atoms with Crippen molar-refractivity contribution in [2.45, 2.75) is 18.6 Å². The molecule has 3 rings (SSSR count). The lowest BCUT2D eigenvalue weighted by molar-refractivity contribution is -0.113. The molecule has 3 aromatic rings. The number of hydrogen-bond donors (Lipinski definition) is 1. The Balaban J connectivity index is 1.60. The highest BCUT2D eigenvalue weighted by Gasteiger charge is 2.12. The molecule has 0 aliphatic carbocycles.